The molecule has 0 spiro atoms. The van der Waals surface area contributed by atoms with Gasteiger partial charge in [0.2, 0.25) is 10.0 Å². The molecule has 2 rings (SSSR count). The highest BCUT2D eigenvalue weighted by Gasteiger charge is 2.28. The topological polar surface area (TPSA) is 83.0 Å². The zero-order valence-corrected chi connectivity index (χ0v) is 15.8. The standard InChI is InChI=1S/C17H28N4O3S/c1-3-24-13-6-10-19-17(18-2)20-11-14-25(22,23)21-12-9-15-7-4-5-8-16(15)21/h4-5,7-8H,3,6,9-14H2,1-2H3,(H2,18,19,20). The summed E-state index contributed by atoms with van der Waals surface area (Å²) in [6.07, 6.45) is 1.64. The third kappa shape index (κ3) is 5.61. The number of nitrogens with one attached hydrogen (secondary N) is 2. The molecule has 0 amide bonds. The van der Waals surface area contributed by atoms with E-state index >= 15 is 0 Å². The summed E-state index contributed by atoms with van der Waals surface area (Å²) in [4.78, 5) is 4.10. The van der Waals surface area contributed by atoms with E-state index in [-0.39, 0.29) is 5.75 Å². The highest BCUT2D eigenvalue weighted by atomic mass is 32.2. The average molecular weight is 369 g/mol. The van der Waals surface area contributed by atoms with Crippen LogP contribution in [-0.4, -0.2) is 60.0 Å². The number of hydrogen-bond donors (Lipinski definition) is 2. The van der Waals surface area contributed by atoms with E-state index in [1.54, 1.807) is 7.05 Å². The lowest BCUT2D eigenvalue weighted by molar-refractivity contribution is 0.145. The molecule has 1 heterocycles. The molecule has 0 saturated heterocycles. The van der Waals surface area contributed by atoms with Crippen LogP contribution in [0.25, 0.3) is 0 Å². The molecule has 0 aliphatic carbocycles. The van der Waals surface area contributed by atoms with Crippen LogP contribution in [0.3, 0.4) is 0 Å². The molecule has 0 fully saturated rings. The monoisotopic (exact) mass is 368 g/mol. The SMILES string of the molecule is CCOCCCNC(=NC)NCCS(=O)(=O)N1CCc2ccccc21. The number of hydrogen-bond acceptors (Lipinski definition) is 4. The molecule has 7 nitrogen and oxygen atoms in total. The van der Waals surface area contributed by atoms with Gasteiger partial charge in [0.25, 0.3) is 0 Å². The van der Waals surface area contributed by atoms with E-state index in [2.05, 4.69) is 15.6 Å². The maximum absolute atomic E-state index is 12.6. The van der Waals surface area contributed by atoms with Gasteiger partial charge in [-0.1, -0.05) is 18.2 Å². The summed E-state index contributed by atoms with van der Waals surface area (Å²) in [6.45, 7) is 4.94. The molecule has 1 aliphatic rings. The smallest absolute Gasteiger partial charge is 0.236 e. The van der Waals surface area contributed by atoms with Crippen molar-refractivity contribution in [2.45, 2.75) is 19.8 Å². The lowest BCUT2D eigenvalue weighted by atomic mass is 10.2. The summed E-state index contributed by atoms with van der Waals surface area (Å²) < 4.78 is 32.0. The fraction of sp³-hybridized carbons (Fsp3) is 0.588. The van der Waals surface area contributed by atoms with E-state index in [4.69, 9.17) is 4.74 Å². The van der Waals surface area contributed by atoms with E-state index in [9.17, 15) is 8.42 Å². The predicted molar refractivity (Wildman–Crippen MR) is 102 cm³/mol. The number of sulfonamides is 1. The van der Waals surface area contributed by atoms with Crippen molar-refractivity contribution < 1.29 is 13.2 Å². The minimum absolute atomic E-state index is 0.0288. The Morgan fingerprint density at radius 1 is 1.28 bits per heavy atom. The largest absolute Gasteiger partial charge is 0.382 e. The van der Waals surface area contributed by atoms with Gasteiger partial charge in [-0.25, -0.2) is 8.42 Å². The van der Waals surface area contributed by atoms with Gasteiger partial charge in [0.1, 0.15) is 0 Å². The number of fused-ring (bicyclic) bond motifs is 1. The van der Waals surface area contributed by atoms with Crippen LogP contribution < -0.4 is 14.9 Å². The third-order valence-corrected chi connectivity index (χ3v) is 5.79. The van der Waals surface area contributed by atoms with Crippen molar-refractivity contribution in [3.63, 3.8) is 0 Å². The second-order valence-corrected chi connectivity index (χ2v) is 7.76. The molecule has 0 aromatic heterocycles. The second kappa shape index (κ2) is 9.62. The molecular weight excluding hydrogens is 340 g/mol. The van der Waals surface area contributed by atoms with Crippen molar-refractivity contribution >= 4 is 21.7 Å². The Hall–Kier alpha value is -1.80. The Balaban J connectivity index is 1.78. The first-order valence-electron chi connectivity index (χ1n) is 8.69. The molecule has 2 N–H and O–H groups in total. The van der Waals surface area contributed by atoms with Crippen LogP contribution in [0.4, 0.5) is 5.69 Å². The molecule has 1 aromatic rings. The minimum Gasteiger partial charge on any atom is -0.382 e. The third-order valence-electron chi connectivity index (χ3n) is 4.02. The van der Waals surface area contributed by atoms with Crippen molar-refractivity contribution in [3.05, 3.63) is 29.8 Å². The Kier molecular flexibility index (Phi) is 7.52. The van der Waals surface area contributed by atoms with Crippen LogP contribution in [0.2, 0.25) is 0 Å². The maximum Gasteiger partial charge on any atom is 0.236 e. The van der Waals surface area contributed by atoms with Gasteiger partial charge >= 0.3 is 0 Å². The van der Waals surface area contributed by atoms with Gasteiger partial charge in [-0.15, -0.1) is 0 Å². The van der Waals surface area contributed by atoms with E-state index in [0.29, 0.717) is 32.3 Å². The Bertz CT molecular complexity index is 676. The summed E-state index contributed by atoms with van der Waals surface area (Å²) >= 11 is 0. The highest BCUT2D eigenvalue weighted by molar-refractivity contribution is 7.92. The Labute approximate surface area is 150 Å². The fourth-order valence-electron chi connectivity index (χ4n) is 2.75. The molecule has 1 aliphatic heterocycles. The van der Waals surface area contributed by atoms with E-state index in [1.165, 1.54) is 4.31 Å². The van der Waals surface area contributed by atoms with E-state index in [0.717, 1.165) is 30.6 Å². The summed E-state index contributed by atoms with van der Waals surface area (Å²) in [7, 11) is -1.67. The first kappa shape index (κ1) is 19.5. The quantitative estimate of drug-likeness (QED) is 0.386. The van der Waals surface area contributed by atoms with Crippen molar-refractivity contribution in [3.8, 4) is 0 Å². The first-order chi connectivity index (χ1) is 12.1. The highest BCUT2D eigenvalue weighted by Crippen LogP contribution is 2.29. The predicted octanol–water partition coefficient (Wildman–Crippen LogP) is 0.971. The van der Waals surface area contributed by atoms with Gasteiger partial charge in [0.05, 0.1) is 11.4 Å². The summed E-state index contributed by atoms with van der Waals surface area (Å²) in [6, 6.07) is 7.67. The van der Waals surface area contributed by atoms with Crippen LogP contribution >= 0.6 is 0 Å². The van der Waals surface area contributed by atoms with E-state index < -0.39 is 10.0 Å². The van der Waals surface area contributed by atoms with Crippen LogP contribution in [0, 0.1) is 0 Å². The Morgan fingerprint density at radius 2 is 2.04 bits per heavy atom. The number of rotatable bonds is 9. The van der Waals surface area contributed by atoms with Crippen LogP contribution in [0.5, 0.6) is 0 Å². The molecule has 0 atom stereocenters. The van der Waals surface area contributed by atoms with Gasteiger partial charge in [-0.05, 0) is 31.4 Å². The van der Waals surface area contributed by atoms with Crippen molar-refractivity contribution in [1.29, 1.82) is 0 Å². The summed E-state index contributed by atoms with van der Waals surface area (Å²) in [5, 5.41) is 6.21. The molecule has 25 heavy (non-hydrogen) atoms. The van der Waals surface area contributed by atoms with Crippen LogP contribution in [0.1, 0.15) is 18.9 Å². The fourth-order valence-corrected chi connectivity index (χ4v) is 4.18. The van der Waals surface area contributed by atoms with Crippen molar-refractivity contribution in [2.75, 3.05) is 50.0 Å². The zero-order valence-electron chi connectivity index (χ0n) is 15.0. The molecule has 0 saturated carbocycles. The van der Waals surface area contributed by atoms with Crippen LogP contribution in [-0.2, 0) is 21.2 Å². The summed E-state index contributed by atoms with van der Waals surface area (Å²) in [5.41, 5.74) is 1.90. The Morgan fingerprint density at radius 3 is 2.80 bits per heavy atom. The maximum atomic E-state index is 12.6. The number of benzene rings is 1. The van der Waals surface area contributed by atoms with Crippen molar-refractivity contribution in [2.24, 2.45) is 4.99 Å². The summed E-state index contributed by atoms with van der Waals surface area (Å²) in [5.74, 6) is 0.634. The molecule has 1 aromatic carbocycles. The normalized spacial score (nSPS) is 14.5. The average Bonchev–Trinajstić information content (AvgIpc) is 3.05. The van der Waals surface area contributed by atoms with E-state index in [1.807, 2.05) is 31.2 Å². The molecule has 0 bridgehead atoms. The first-order valence-corrected chi connectivity index (χ1v) is 10.3. The number of ether oxygens (including phenoxy) is 1. The van der Waals surface area contributed by atoms with Gasteiger partial charge < -0.3 is 15.4 Å². The lowest BCUT2D eigenvalue weighted by Gasteiger charge is -2.20. The number of aliphatic imine (C=N–C) groups is 1. The van der Waals surface area contributed by atoms with Crippen molar-refractivity contribution in [1.82, 2.24) is 10.6 Å². The molecular formula is C17H28N4O3S. The van der Waals surface area contributed by atoms with Gasteiger partial charge in [-0.3, -0.25) is 9.30 Å². The lowest BCUT2D eigenvalue weighted by Crippen LogP contribution is -2.42. The van der Waals surface area contributed by atoms with Gasteiger partial charge in [0.15, 0.2) is 5.96 Å². The second-order valence-electron chi connectivity index (χ2n) is 5.74. The van der Waals surface area contributed by atoms with Gasteiger partial charge in [0, 0.05) is 39.9 Å². The van der Waals surface area contributed by atoms with Crippen LogP contribution in [0.15, 0.2) is 29.3 Å². The molecule has 0 unspecified atom stereocenters. The zero-order chi connectivity index (χ0) is 18.1. The molecule has 8 heteroatoms. The number of guanidine groups is 1. The number of para-hydroxylation sites is 1. The number of nitrogens with zero attached hydrogens (tertiary/aromatic N) is 2. The molecule has 0 radical (unpaired) electrons. The van der Waals surface area contributed by atoms with Gasteiger partial charge in [-0.2, -0.15) is 0 Å². The number of anilines is 1. The molecule has 140 valence electrons. The minimum atomic E-state index is -3.34.